The van der Waals surface area contributed by atoms with Crippen molar-refractivity contribution in [3.8, 4) is 0 Å². The van der Waals surface area contributed by atoms with E-state index in [1.165, 1.54) is 43.4 Å². The van der Waals surface area contributed by atoms with Crippen LogP contribution in [0.5, 0.6) is 0 Å². The molecule has 1 aliphatic heterocycles. The number of benzene rings is 1. The van der Waals surface area contributed by atoms with E-state index in [1.54, 1.807) is 0 Å². The Bertz CT molecular complexity index is 534. The fraction of sp³-hybridized carbons (Fsp3) is 0.632. The van der Waals surface area contributed by atoms with Gasteiger partial charge in [-0.05, 0) is 56.5 Å². The Morgan fingerprint density at radius 3 is 2.82 bits per heavy atom. The van der Waals surface area contributed by atoms with Crippen LogP contribution in [0.4, 0.5) is 5.69 Å². The molecule has 2 aliphatic rings. The van der Waals surface area contributed by atoms with Gasteiger partial charge in [0.2, 0.25) is 0 Å². The quantitative estimate of drug-likeness (QED) is 0.838. The number of likely N-dealkylation sites (N-methyl/N-ethyl adjacent to an activating group) is 1. The second kappa shape index (κ2) is 6.82. The minimum Gasteiger partial charge on any atom is -0.384 e. The summed E-state index contributed by atoms with van der Waals surface area (Å²) >= 11 is 0. The highest BCUT2D eigenvalue weighted by atomic mass is 16.1. The third-order valence-electron chi connectivity index (χ3n) is 5.43. The first-order valence-corrected chi connectivity index (χ1v) is 8.83. The molecule has 22 heavy (non-hydrogen) atoms. The Balaban J connectivity index is 1.76. The molecule has 1 aromatic rings. The van der Waals surface area contributed by atoms with Gasteiger partial charge in [0.15, 0.2) is 5.78 Å². The first-order chi connectivity index (χ1) is 10.7. The number of rotatable bonds is 5. The maximum absolute atomic E-state index is 13.0. The maximum Gasteiger partial charge on any atom is 0.179 e. The van der Waals surface area contributed by atoms with Crippen molar-refractivity contribution in [3.05, 3.63) is 29.3 Å². The number of Topliss-reactive ketones (excluding diaryl/α,β-unsaturated/α-hetero) is 1. The van der Waals surface area contributed by atoms with Crippen LogP contribution >= 0.6 is 0 Å². The van der Waals surface area contributed by atoms with Crippen molar-refractivity contribution in [2.75, 3.05) is 18.9 Å². The zero-order valence-corrected chi connectivity index (χ0v) is 13.9. The van der Waals surface area contributed by atoms with Crippen LogP contribution in [0.25, 0.3) is 0 Å². The van der Waals surface area contributed by atoms with Gasteiger partial charge in [-0.25, -0.2) is 0 Å². The standard InChI is InChI=1S/C19H28N2O/c1-3-18(21(2)16-7-5-4-6-8-16)19(22)15-9-10-17-14(13-15)11-12-20-17/h9-10,13,16,18,20H,3-8,11-12H2,1-2H3. The molecule has 3 nitrogen and oxygen atoms in total. The normalized spacial score (nSPS) is 19.8. The molecule has 1 aliphatic carbocycles. The van der Waals surface area contributed by atoms with Gasteiger partial charge in [-0.15, -0.1) is 0 Å². The number of carbonyl (C=O) groups is 1. The minimum atomic E-state index is 0.0236. The molecule has 1 N–H and O–H groups in total. The number of carbonyl (C=O) groups excluding carboxylic acids is 1. The Morgan fingerprint density at radius 2 is 2.09 bits per heavy atom. The molecular formula is C19H28N2O. The average molecular weight is 300 g/mol. The van der Waals surface area contributed by atoms with Crippen molar-refractivity contribution < 1.29 is 4.79 Å². The van der Waals surface area contributed by atoms with Gasteiger partial charge in [0.1, 0.15) is 0 Å². The number of ketones is 1. The van der Waals surface area contributed by atoms with Crippen molar-refractivity contribution in [2.24, 2.45) is 0 Å². The number of nitrogens with one attached hydrogen (secondary N) is 1. The summed E-state index contributed by atoms with van der Waals surface area (Å²) in [5.41, 5.74) is 3.38. The fourth-order valence-corrected chi connectivity index (χ4v) is 4.05. The number of anilines is 1. The molecule has 0 spiro atoms. The van der Waals surface area contributed by atoms with E-state index in [-0.39, 0.29) is 6.04 Å². The molecule has 1 aromatic carbocycles. The van der Waals surface area contributed by atoms with Gasteiger partial charge in [-0.3, -0.25) is 9.69 Å². The third kappa shape index (κ3) is 3.05. The van der Waals surface area contributed by atoms with E-state index >= 15 is 0 Å². The van der Waals surface area contributed by atoms with Crippen molar-refractivity contribution >= 4 is 11.5 Å². The van der Waals surface area contributed by atoms with E-state index < -0.39 is 0 Å². The largest absolute Gasteiger partial charge is 0.384 e. The highest BCUT2D eigenvalue weighted by molar-refractivity contribution is 6.00. The molecule has 0 bridgehead atoms. The summed E-state index contributed by atoms with van der Waals surface area (Å²) in [7, 11) is 2.15. The van der Waals surface area contributed by atoms with E-state index in [0.29, 0.717) is 11.8 Å². The Kier molecular flexibility index (Phi) is 4.82. The molecule has 0 radical (unpaired) electrons. The Hall–Kier alpha value is -1.35. The molecule has 1 unspecified atom stereocenters. The van der Waals surface area contributed by atoms with Gasteiger partial charge < -0.3 is 5.32 Å². The van der Waals surface area contributed by atoms with Gasteiger partial charge in [-0.1, -0.05) is 26.2 Å². The van der Waals surface area contributed by atoms with Crippen LogP contribution in [-0.2, 0) is 6.42 Å². The number of hydrogen-bond acceptors (Lipinski definition) is 3. The van der Waals surface area contributed by atoms with Gasteiger partial charge in [-0.2, -0.15) is 0 Å². The lowest BCUT2D eigenvalue weighted by Crippen LogP contribution is -2.45. The van der Waals surface area contributed by atoms with E-state index in [1.807, 2.05) is 6.07 Å². The third-order valence-corrected chi connectivity index (χ3v) is 5.43. The van der Waals surface area contributed by atoms with Crippen LogP contribution in [0.3, 0.4) is 0 Å². The monoisotopic (exact) mass is 300 g/mol. The van der Waals surface area contributed by atoms with Gasteiger partial charge in [0.05, 0.1) is 6.04 Å². The summed E-state index contributed by atoms with van der Waals surface area (Å²) in [4.78, 5) is 15.4. The molecule has 3 rings (SSSR count). The van der Waals surface area contributed by atoms with Crippen molar-refractivity contribution in [2.45, 2.75) is 64.0 Å². The van der Waals surface area contributed by atoms with Crippen molar-refractivity contribution in [1.82, 2.24) is 4.90 Å². The zero-order chi connectivity index (χ0) is 15.5. The first kappa shape index (κ1) is 15.5. The van der Waals surface area contributed by atoms with Crippen LogP contribution in [-0.4, -0.2) is 36.4 Å². The van der Waals surface area contributed by atoms with Crippen LogP contribution in [0.2, 0.25) is 0 Å². The highest BCUT2D eigenvalue weighted by Crippen LogP contribution is 2.27. The van der Waals surface area contributed by atoms with E-state index in [2.05, 4.69) is 36.3 Å². The molecule has 3 heteroatoms. The first-order valence-electron chi connectivity index (χ1n) is 8.83. The van der Waals surface area contributed by atoms with E-state index in [4.69, 9.17) is 0 Å². The van der Waals surface area contributed by atoms with Gasteiger partial charge in [0.25, 0.3) is 0 Å². The highest BCUT2D eigenvalue weighted by Gasteiger charge is 2.29. The smallest absolute Gasteiger partial charge is 0.179 e. The number of fused-ring (bicyclic) bond motifs is 1. The second-order valence-electron chi connectivity index (χ2n) is 6.79. The van der Waals surface area contributed by atoms with E-state index in [9.17, 15) is 4.79 Å². The summed E-state index contributed by atoms with van der Waals surface area (Å²) in [5, 5.41) is 3.36. The van der Waals surface area contributed by atoms with Gasteiger partial charge in [0, 0.05) is 23.8 Å². The van der Waals surface area contributed by atoms with Crippen LogP contribution in [0, 0.1) is 0 Å². The Labute approximate surface area is 134 Å². The van der Waals surface area contributed by atoms with E-state index in [0.717, 1.165) is 24.9 Å². The fourth-order valence-electron chi connectivity index (χ4n) is 4.05. The summed E-state index contributed by atoms with van der Waals surface area (Å²) in [6.45, 7) is 3.13. The zero-order valence-electron chi connectivity index (χ0n) is 13.9. The SMILES string of the molecule is CCC(C(=O)c1ccc2c(c1)CCN2)N(C)C1CCCCC1. The number of hydrogen-bond donors (Lipinski definition) is 1. The van der Waals surface area contributed by atoms with Crippen LogP contribution < -0.4 is 5.32 Å². The Morgan fingerprint density at radius 1 is 1.32 bits per heavy atom. The molecule has 0 aromatic heterocycles. The maximum atomic E-state index is 13.0. The minimum absolute atomic E-state index is 0.0236. The molecule has 1 atom stereocenters. The van der Waals surface area contributed by atoms with Crippen LogP contribution in [0.15, 0.2) is 18.2 Å². The van der Waals surface area contributed by atoms with Gasteiger partial charge >= 0.3 is 0 Å². The van der Waals surface area contributed by atoms with Crippen LogP contribution in [0.1, 0.15) is 61.4 Å². The molecule has 0 amide bonds. The average Bonchev–Trinajstić information content (AvgIpc) is 3.03. The molecule has 0 saturated heterocycles. The summed E-state index contributed by atoms with van der Waals surface area (Å²) in [5.74, 6) is 0.297. The molecule has 1 heterocycles. The lowest BCUT2D eigenvalue weighted by molar-refractivity contribution is 0.0742. The van der Waals surface area contributed by atoms with Crippen molar-refractivity contribution in [3.63, 3.8) is 0 Å². The second-order valence-corrected chi connectivity index (χ2v) is 6.79. The predicted molar refractivity (Wildman–Crippen MR) is 91.7 cm³/mol. The molecule has 1 fully saturated rings. The summed E-state index contributed by atoms with van der Waals surface area (Å²) in [6, 6.07) is 6.78. The lowest BCUT2D eigenvalue weighted by atomic mass is 9.91. The van der Waals surface area contributed by atoms with Crippen molar-refractivity contribution in [1.29, 1.82) is 0 Å². The summed E-state index contributed by atoms with van der Waals surface area (Å²) in [6.07, 6.45) is 8.39. The predicted octanol–water partition coefficient (Wildman–Crippen LogP) is 3.88. The number of nitrogens with zero attached hydrogens (tertiary/aromatic N) is 1. The molecular weight excluding hydrogens is 272 g/mol. The molecule has 1 saturated carbocycles. The summed E-state index contributed by atoms with van der Waals surface area (Å²) < 4.78 is 0. The lowest BCUT2D eigenvalue weighted by Gasteiger charge is -2.36. The molecule has 120 valence electrons. The topological polar surface area (TPSA) is 32.3 Å².